The van der Waals surface area contributed by atoms with Crippen LogP contribution in [0.2, 0.25) is 0 Å². The second kappa shape index (κ2) is 4.08. The largest absolute Gasteiger partial charge is 0.0613 e. The van der Waals surface area contributed by atoms with E-state index < -0.39 is 0 Å². The highest BCUT2D eigenvalue weighted by atomic mass is 79.9. The highest BCUT2D eigenvalue weighted by Crippen LogP contribution is 2.23. The molecule has 0 atom stereocenters. The van der Waals surface area contributed by atoms with E-state index in [1.807, 2.05) is 0 Å². The first-order valence-electron chi connectivity index (χ1n) is 4.43. The molecule has 0 saturated heterocycles. The van der Waals surface area contributed by atoms with Crippen LogP contribution in [-0.4, -0.2) is 0 Å². The number of hydrogen-bond donors (Lipinski definition) is 0. The van der Waals surface area contributed by atoms with Gasteiger partial charge in [-0.1, -0.05) is 48.8 Å². The zero-order valence-corrected chi connectivity index (χ0v) is 9.48. The summed E-state index contributed by atoms with van der Waals surface area (Å²) in [4.78, 5) is 0. The van der Waals surface area contributed by atoms with Crippen molar-refractivity contribution in [2.45, 2.75) is 33.1 Å². The van der Waals surface area contributed by atoms with Crippen LogP contribution in [0.4, 0.5) is 0 Å². The highest BCUT2D eigenvalue weighted by Gasteiger charge is 2.02. The van der Waals surface area contributed by atoms with Crippen molar-refractivity contribution in [1.82, 2.24) is 0 Å². The molecule has 0 aliphatic carbocycles. The molecule has 0 bridgehead atoms. The van der Waals surface area contributed by atoms with Gasteiger partial charge >= 0.3 is 0 Å². The molecule has 0 radical (unpaired) electrons. The third kappa shape index (κ3) is 2.10. The molecule has 0 saturated carbocycles. The lowest BCUT2D eigenvalue weighted by Crippen LogP contribution is -1.89. The molecule has 12 heavy (non-hydrogen) atoms. The van der Waals surface area contributed by atoms with E-state index in [1.165, 1.54) is 15.6 Å². The molecule has 1 aromatic carbocycles. The predicted octanol–water partition coefficient (Wildman–Crippen LogP) is 4.13. The van der Waals surface area contributed by atoms with Crippen LogP contribution < -0.4 is 0 Å². The second-order valence-corrected chi connectivity index (χ2v) is 4.21. The molecule has 0 aliphatic rings. The van der Waals surface area contributed by atoms with Gasteiger partial charge in [0.1, 0.15) is 0 Å². The molecule has 0 nitrogen and oxygen atoms in total. The van der Waals surface area contributed by atoms with Gasteiger partial charge in [0.2, 0.25) is 0 Å². The standard InChI is InChI=1S/C11H15Br/c1-4-9-5-6-10(8(2)3)7-11(9)12/h5-8H,4H2,1-3H3. The van der Waals surface area contributed by atoms with Crippen molar-refractivity contribution in [1.29, 1.82) is 0 Å². The topological polar surface area (TPSA) is 0 Å². The second-order valence-electron chi connectivity index (χ2n) is 3.36. The maximum atomic E-state index is 3.58. The molecule has 0 fully saturated rings. The summed E-state index contributed by atoms with van der Waals surface area (Å²) in [5, 5.41) is 0. The Morgan fingerprint density at radius 2 is 2.00 bits per heavy atom. The van der Waals surface area contributed by atoms with Crippen molar-refractivity contribution in [2.24, 2.45) is 0 Å². The van der Waals surface area contributed by atoms with Gasteiger partial charge in [-0.2, -0.15) is 0 Å². The van der Waals surface area contributed by atoms with Gasteiger partial charge in [0, 0.05) is 4.47 Å². The lowest BCUT2D eigenvalue weighted by atomic mass is 10.0. The maximum absolute atomic E-state index is 3.58. The maximum Gasteiger partial charge on any atom is 0.0210 e. The fraction of sp³-hybridized carbons (Fsp3) is 0.455. The molecule has 1 aromatic rings. The van der Waals surface area contributed by atoms with E-state index in [9.17, 15) is 0 Å². The van der Waals surface area contributed by atoms with Crippen molar-refractivity contribution < 1.29 is 0 Å². The SMILES string of the molecule is CCc1ccc(C(C)C)cc1Br. The molecule has 0 heterocycles. The number of aryl methyl sites for hydroxylation is 1. The van der Waals surface area contributed by atoms with E-state index >= 15 is 0 Å². The van der Waals surface area contributed by atoms with Crippen LogP contribution in [0.15, 0.2) is 22.7 Å². The summed E-state index contributed by atoms with van der Waals surface area (Å²) in [7, 11) is 0. The molecule has 0 spiro atoms. The number of halogens is 1. The van der Waals surface area contributed by atoms with Crippen LogP contribution >= 0.6 is 15.9 Å². The van der Waals surface area contributed by atoms with Crippen molar-refractivity contribution in [3.8, 4) is 0 Å². The minimum Gasteiger partial charge on any atom is -0.0613 e. The quantitative estimate of drug-likeness (QED) is 0.712. The first kappa shape index (κ1) is 9.79. The molecule has 66 valence electrons. The third-order valence-electron chi connectivity index (χ3n) is 2.12. The Kier molecular flexibility index (Phi) is 3.33. The molecule has 0 unspecified atom stereocenters. The fourth-order valence-corrected chi connectivity index (χ4v) is 1.89. The van der Waals surface area contributed by atoms with Crippen LogP contribution in [0.1, 0.15) is 37.8 Å². The lowest BCUT2D eigenvalue weighted by Gasteiger charge is -2.08. The number of hydrogen-bond acceptors (Lipinski definition) is 0. The van der Waals surface area contributed by atoms with Gasteiger partial charge in [-0.05, 0) is 29.5 Å². The number of rotatable bonds is 2. The smallest absolute Gasteiger partial charge is 0.0210 e. The van der Waals surface area contributed by atoms with E-state index in [0.717, 1.165) is 6.42 Å². The summed E-state index contributed by atoms with van der Waals surface area (Å²) in [6, 6.07) is 6.65. The van der Waals surface area contributed by atoms with Gasteiger partial charge in [0.25, 0.3) is 0 Å². The molecule has 0 amide bonds. The molecule has 0 N–H and O–H groups in total. The third-order valence-corrected chi connectivity index (χ3v) is 2.86. The van der Waals surface area contributed by atoms with Gasteiger partial charge in [-0.3, -0.25) is 0 Å². The average Bonchev–Trinajstić information content (AvgIpc) is 2.04. The van der Waals surface area contributed by atoms with E-state index in [4.69, 9.17) is 0 Å². The van der Waals surface area contributed by atoms with Crippen LogP contribution in [0.5, 0.6) is 0 Å². The Morgan fingerprint density at radius 3 is 2.42 bits per heavy atom. The summed E-state index contributed by atoms with van der Waals surface area (Å²) < 4.78 is 1.25. The lowest BCUT2D eigenvalue weighted by molar-refractivity contribution is 0.863. The summed E-state index contributed by atoms with van der Waals surface area (Å²) in [6.07, 6.45) is 1.10. The van der Waals surface area contributed by atoms with Crippen LogP contribution in [0.3, 0.4) is 0 Å². The first-order valence-corrected chi connectivity index (χ1v) is 5.22. The summed E-state index contributed by atoms with van der Waals surface area (Å²) in [6.45, 7) is 6.61. The van der Waals surface area contributed by atoms with E-state index in [0.29, 0.717) is 5.92 Å². The first-order chi connectivity index (χ1) is 5.65. The fourth-order valence-electron chi connectivity index (χ4n) is 1.21. The molecular formula is C11H15Br. The summed E-state index contributed by atoms with van der Waals surface area (Å²) in [5.41, 5.74) is 2.79. The molecule has 0 aliphatic heterocycles. The van der Waals surface area contributed by atoms with Gasteiger partial charge in [-0.15, -0.1) is 0 Å². The zero-order chi connectivity index (χ0) is 9.14. The average molecular weight is 227 g/mol. The van der Waals surface area contributed by atoms with E-state index in [-0.39, 0.29) is 0 Å². The predicted molar refractivity (Wildman–Crippen MR) is 57.6 cm³/mol. The molecule has 1 heteroatoms. The highest BCUT2D eigenvalue weighted by molar-refractivity contribution is 9.10. The monoisotopic (exact) mass is 226 g/mol. The molecular weight excluding hydrogens is 212 g/mol. The van der Waals surface area contributed by atoms with Crippen molar-refractivity contribution in [2.75, 3.05) is 0 Å². The summed E-state index contributed by atoms with van der Waals surface area (Å²) >= 11 is 3.58. The van der Waals surface area contributed by atoms with Crippen molar-refractivity contribution >= 4 is 15.9 Å². The normalized spacial score (nSPS) is 10.8. The van der Waals surface area contributed by atoms with E-state index in [2.05, 4.69) is 54.9 Å². The Bertz CT molecular complexity index is 264. The van der Waals surface area contributed by atoms with E-state index in [1.54, 1.807) is 0 Å². The Hall–Kier alpha value is -0.300. The van der Waals surface area contributed by atoms with Gasteiger partial charge in [0.05, 0.1) is 0 Å². The number of benzene rings is 1. The Morgan fingerprint density at radius 1 is 1.33 bits per heavy atom. The van der Waals surface area contributed by atoms with Gasteiger partial charge in [-0.25, -0.2) is 0 Å². The Labute approximate surface area is 83.1 Å². The zero-order valence-electron chi connectivity index (χ0n) is 7.89. The minimum absolute atomic E-state index is 0.618. The minimum atomic E-state index is 0.618. The van der Waals surface area contributed by atoms with Gasteiger partial charge in [0.15, 0.2) is 0 Å². The van der Waals surface area contributed by atoms with Crippen LogP contribution in [0.25, 0.3) is 0 Å². The van der Waals surface area contributed by atoms with Crippen molar-refractivity contribution in [3.63, 3.8) is 0 Å². The van der Waals surface area contributed by atoms with Crippen LogP contribution in [-0.2, 0) is 6.42 Å². The van der Waals surface area contributed by atoms with Crippen LogP contribution in [0, 0.1) is 0 Å². The Balaban J connectivity index is 3.02. The van der Waals surface area contributed by atoms with Gasteiger partial charge < -0.3 is 0 Å². The molecule has 1 rings (SSSR count). The van der Waals surface area contributed by atoms with Crippen molar-refractivity contribution in [3.05, 3.63) is 33.8 Å². The molecule has 0 aromatic heterocycles. The summed E-state index contributed by atoms with van der Waals surface area (Å²) in [5.74, 6) is 0.618.